The molecule has 0 amide bonds. The van der Waals surface area contributed by atoms with Gasteiger partial charge in [-0.05, 0) is 30.5 Å². The zero-order valence-corrected chi connectivity index (χ0v) is 9.80. The highest BCUT2D eigenvalue weighted by Gasteiger charge is 2.40. The van der Waals surface area contributed by atoms with Crippen molar-refractivity contribution in [2.75, 3.05) is 0 Å². The van der Waals surface area contributed by atoms with Gasteiger partial charge in [-0.15, -0.1) is 0 Å². The summed E-state index contributed by atoms with van der Waals surface area (Å²) < 4.78 is 13.5. The normalized spacial score (nSPS) is 30.0. The summed E-state index contributed by atoms with van der Waals surface area (Å²) in [7, 11) is 0. The number of hydrogen-bond donors (Lipinski definition) is 2. The third-order valence-corrected chi connectivity index (χ3v) is 3.56. The Hall–Kier alpha value is -0.450. The molecule has 1 aliphatic rings. The van der Waals surface area contributed by atoms with E-state index in [1.165, 1.54) is 12.1 Å². The number of aliphatic hydroxyl groups is 1. The van der Waals surface area contributed by atoms with Gasteiger partial charge in [0.1, 0.15) is 5.82 Å². The number of hydrogen-bond acceptors (Lipinski definition) is 2. The Labute approximate surface area is 96.4 Å². The van der Waals surface area contributed by atoms with Crippen molar-refractivity contribution in [2.24, 2.45) is 5.73 Å². The molecule has 0 aliphatic heterocycles. The van der Waals surface area contributed by atoms with Gasteiger partial charge >= 0.3 is 0 Å². The first-order chi connectivity index (χ1) is 6.98. The molecular weight excluding hydrogens is 261 g/mol. The van der Waals surface area contributed by atoms with Crippen LogP contribution < -0.4 is 5.73 Å². The minimum Gasteiger partial charge on any atom is -0.389 e. The maximum absolute atomic E-state index is 12.8. The van der Waals surface area contributed by atoms with Gasteiger partial charge in [0.2, 0.25) is 0 Å². The highest BCUT2D eigenvalue weighted by Crippen LogP contribution is 2.35. The van der Waals surface area contributed by atoms with Gasteiger partial charge in [-0.25, -0.2) is 4.39 Å². The lowest BCUT2D eigenvalue weighted by molar-refractivity contribution is -0.0456. The fraction of sp³-hybridized carbons (Fsp3) is 0.455. The van der Waals surface area contributed by atoms with Crippen molar-refractivity contribution in [1.82, 2.24) is 0 Å². The lowest BCUT2D eigenvalue weighted by atomic mass is 9.73. The molecule has 3 N–H and O–H groups in total. The lowest BCUT2D eigenvalue weighted by Gasteiger charge is -2.42. The van der Waals surface area contributed by atoms with Crippen LogP contribution in [-0.4, -0.2) is 16.7 Å². The van der Waals surface area contributed by atoms with Gasteiger partial charge in [0.15, 0.2) is 0 Å². The van der Waals surface area contributed by atoms with E-state index < -0.39 is 5.60 Å². The summed E-state index contributed by atoms with van der Waals surface area (Å²) in [5.74, 6) is -0.275. The molecule has 0 bridgehead atoms. The van der Waals surface area contributed by atoms with Crippen molar-refractivity contribution in [2.45, 2.75) is 30.9 Å². The average Bonchev–Trinajstić information content (AvgIpc) is 2.08. The Morgan fingerprint density at radius 3 is 2.73 bits per heavy atom. The van der Waals surface area contributed by atoms with Gasteiger partial charge in [0.25, 0.3) is 0 Å². The van der Waals surface area contributed by atoms with E-state index in [4.69, 9.17) is 5.73 Å². The number of rotatable bonds is 2. The molecule has 0 atom stereocenters. The third-order valence-electron chi connectivity index (χ3n) is 2.82. The van der Waals surface area contributed by atoms with Crippen LogP contribution in [0.2, 0.25) is 0 Å². The highest BCUT2D eigenvalue weighted by molar-refractivity contribution is 9.10. The van der Waals surface area contributed by atoms with Gasteiger partial charge in [-0.2, -0.15) is 0 Å². The molecule has 1 saturated carbocycles. The maximum atomic E-state index is 12.8. The van der Waals surface area contributed by atoms with E-state index in [0.29, 0.717) is 23.7 Å². The molecule has 0 unspecified atom stereocenters. The minimum absolute atomic E-state index is 0.106. The molecular formula is C11H13BrFNO. The van der Waals surface area contributed by atoms with E-state index in [0.717, 1.165) is 5.56 Å². The van der Waals surface area contributed by atoms with Crippen molar-refractivity contribution in [3.8, 4) is 0 Å². The second-order valence-electron chi connectivity index (χ2n) is 4.31. The monoisotopic (exact) mass is 273 g/mol. The van der Waals surface area contributed by atoms with Crippen molar-refractivity contribution in [3.63, 3.8) is 0 Å². The SMILES string of the molecule is NC1CC(O)(Cc2ccc(F)cc2Br)C1. The van der Waals surface area contributed by atoms with Crippen molar-refractivity contribution >= 4 is 15.9 Å². The van der Waals surface area contributed by atoms with Crippen molar-refractivity contribution in [1.29, 1.82) is 0 Å². The average molecular weight is 274 g/mol. The largest absolute Gasteiger partial charge is 0.389 e. The smallest absolute Gasteiger partial charge is 0.124 e. The van der Waals surface area contributed by atoms with Crippen LogP contribution in [0, 0.1) is 5.82 Å². The molecule has 2 nitrogen and oxygen atoms in total. The first kappa shape index (κ1) is 11.0. The van der Waals surface area contributed by atoms with Gasteiger partial charge in [0, 0.05) is 16.9 Å². The van der Waals surface area contributed by atoms with Crippen LogP contribution in [-0.2, 0) is 6.42 Å². The Morgan fingerprint density at radius 1 is 1.53 bits per heavy atom. The molecule has 0 radical (unpaired) electrons. The highest BCUT2D eigenvalue weighted by atomic mass is 79.9. The van der Waals surface area contributed by atoms with Crippen LogP contribution in [0.3, 0.4) is 0 Å². The summed E-state index contributed by atoms with van der Waals surface area (Å²) in [6.45, 7) is 0. The first-order valence-electron chi connectivity index (χ1n) is 4.90. The summed E-state index contributed by atoms with van der Waals surface area (Å²) in [6.07, 6.45) is 1.77. The Bertz CT molecular complexity index is 377. The zero-order chi connectivity index (χ0) is 11.1. The van der Waals surface area contributed by atoms with Crippen LogP contribution in [0.25, 0.3) is 0 Å². The van der Waals surface area contributed by atoms with Gasteiger partial charge in [-0.3, -0.25) is 0 Å². The lowest BCUT2D eigenvalue weighted by Crippen LogP contribution is -2.52. The molecule has 1 aromatic carbocycles. The summed E-state index contributed by atoms with van der Waals surface area (Å²) in [4.78, 5) is 0. The number of nitrogens with two attached hydrogens (primary N) is 1. The van der Waals surface area contributed by atoms with E-state index in [9.17, 15) is 9.50 Å². The predicted octanol–water partition coefficient (Wildman–Crippen LogP) is 1.98. The summed E-state index contributed by atoms with van der Waals surface area (Å²) >= 11 is 3.29. The van der Waals surface area contributed by atoms with E-state index >= 15 is 0 Å². The molecule has 0 aromatic heterocycles. The second kappa shape index (κ2) is 3.85. The Kier molecular flexibility index (Phi) is 2.83. The molecule has 15 heavy (non-hydrogen) atoms. The standard InChI is InChI=1S/C11H13BrFNO/c12-10-3-8(13)2-1-7(10)4-11(15)5-9(14)6-11/h1-3,9,15H,4-6,14H2. The van der Waals surface area contributed by atoms with E-state index in [-0.39, 0.29) is 11.9 Å². The fourth-order valence-corrected chi connectivity index (χ4v) is 2.57. The van der Waals surface area contributed by atoms with Crippen LogP contribution in [0.4, 0.5) is 4.39 Å². The third kappa shape index (κ3) is 2.38. The quantitative estimate of drug-likeness (QED) is 0.866. The second-order valence-corrected chi connectivity index (χ2v) is 5.16. The minimum atomic E-state index is -0.695. The zero-order valence-electron chi connectivity index (χ0n) is 8.21. The van der Waals surface area contributed by atoms with E-state index in [2.05, 4.69) is 15.9 Å². The first-order valence-corrected chi connectivity index (χ1v) is 5.70. The number of benzene rings is 1. The molecule has 1 aliphatic carbocycles. The van der Waals surface area contributed by atoms with Gasteiger partial charge in [-0.1, -0.05) is 22.0 Å². The van der Waals surface area contributed by atoms with Crippen molar-refractivity contribution in [3.05, 3.63) is 34.1 Å². The van der Waals surface area contributed by atoms with E-state index in [1.54, 1.807) is 6.07 Å². The van der Waals surface area contributed by atoms with Crippen LogP contribution >= 0.6 is 15.9 Å². The van der Waals surface area contributed by atoms with Crippen LogP contribution in [0.15, 0.2) is 22.7 Å². The fourth-order valence-electron chi connectivity index (χ4n) is 2.08. The van der Waals surface area contributed by atoms with Crippen LogP contribution in [0.1, 0.15) is 18.4 Å². The molecule has 1 aromatic rings. The van der Waals surface area contributed by atoms with E-state index in [1.807, 2.05) is 0 Å². The maximum Gasteiger partial charge on any atom is 0.124 e. The Morgan fingerprint density at radius 2 is 2.20 bits per heavy atom. The predicted molar refractivity (Wildman–Crippen MR) is 60.0 cm³/mol. The van der Waals surface area contributed by atoms with Gasteiger partial charge < -0.3 is 10.8 Å². The molecule has 0 spiro atoms. The molecule has 0 heterocycles. The summed E-state index contributed by atoms with van der Waals surface area (Å²) in [6, 6.07) is 4.62. The molecule has 0 saturated heterocycles. The molecule has 1 fully saturated rings. The topological polar surface area (TPSA) is 46.2 Å². The van der Waals surface area contributed by atoms with Crippen molar-refractivity contribution < 1.29 is 9.50 Å². The molecule has 4 heteroatoms. The molecule has 2 rings (SSSR count). The summed E-state index contributed by atoms with van der Waals surface area (Å²) in [5.41, 5.74) is 5.87. The number of halogens is 2. The molecule has 82 valence electrons. The Balaban J connectivity index is 2.11. The van der Waals surface area contributed by atoms with Gasteiger partial charge in [0.05, 0.1) is 5.60 Å². The van der Waals surface area contributed by atoms with Crippen LogP contribution in [0.5, 0.6) is 0 Å². The summed E-state index contributed by atoms with van der Waals surface area (Å²) in [5, 5.41) is 10.0.